The van der Waals surface area contributed by atoms with Gasteiger partial charge in [0.05, 0.1) is 32.2 Å². The van der Waals surface area contributed by atoms with Gasteiger partial charge >= 0.3 is 0 Å². The van der Waals surface area contributed by atoms with Crippen LogP contribution in [-0.4, -0.2) is 45.4 Å². The summed E-state index contributed by atoms with van der Waals surface area (Å²) in [5, 5.41) is 3.11. The van der Waals surface area contributed by atoms with E-state index in [4.69, 9.17) is 9.47 Å². The average Bonchev–Trinajstić information content (AvgIpc) is 3.17. The summed E-state index contributed by atoms with van der Waals surface area (Å²) in [6, 6.07) is 16.2. The zero-order valence-corrected chi connectivity index (χ0v) is 15.6. The largest absolute Gasteiger partial charge is 0.454 e. The maximum atomic E-state index is 12.5. The number of nitrogens with one attached hydrogen (secondary N) is 2. The number of amides is 1. The molecule has 6 nitrogen and oxygen atoms in total. The van der Waals surface area contributed by atoms with Crippen LogP contribution in [0.2, 0.25) is 0 Å². The number of carbonyl (C=O) groups excluding carboxylic acids is 1. The van der Waals surface area contributed by atoms with Crippen molar-refractivity contribution < 1.29 is 19.2 Å². The first-order valence-electron chi connectivity index (χ1n) is 9.51. The minimum absolute atomic E-state index is 0.0583. The van der Waals surface area contributed by atoms with Gasteiger partial charge in [0.1, 0.15) is 0 Å². The first kappa shape index (κ1) is 17.7. The highest BCUT2D eigenvalue weighted by Crippen LogP contribution is 2.34. The number of piperazine rings is 1. The van der Waals surface area contributed by atoms with Crippen LogP contribution in [0.5, 0.6) is 11.5 Å². The molecule has 6 heteroatoms. The van der Waals surface area contributed by atoms with Gasteiger partial charge in [0.15, 0.2) is 18.0 Å². The Hall–Kier alpha value is -2.73. The van der Waals surface area contributed by atoms with Crippen LogP contribution < -0.4 is 24.6 Å². The van der Waals surface area contributed by atoms with Gasteiger partial charge in [0.25, 0.3) is 5.91 Å². The Morgan fingerprint density at radius 1 is 1.11 bits per heavy atom. The van der Waals surface area contributed by atoms with Crippen LogP contribution in [-0.2, 0) is 4.79 Å². The molecule has 0 spiro atoms. The molecule has 2 N–H and O–H groups in total. The fourth-order valence-corrected chi connectivity index (χ4v) is 3.68. The van der Waals surface area contributed by atoms with E-state index >= 15 is 0 Å². The van der Waals surface area contributed by atoms with Gasteiger partial charge in [0, 0.05) is 5.69 Å². The lowest BCUT2D eigenvalue weighted by atomic mass is 10.1. The molecule has 2 aromatic carbocycles. The molecule has 0 saturated carbocycles. The van der Waals surface area contributed by atoms with Crippen LogP contribution in [0.1, 0.15) is 18.5 Å². The predicted octanol–water partition coefficient (Wildman–Crippen LogP) is 0.998. The van der Waals surface area contributed by atoms with Gasteiger partial charge in [-0.3, -0.25) is 4.79 Å². The molecule has 1 saturated heterocycles. The molecule has 27 heavy (non-hydrogen) atoms. The molecule has 2 aromatic rings. The maximum absolute atomic E-state index is 12.5. The SMILES string of the molecule is C[C@@H](NC(=O)C[NH+]1CCN(c2ccccc2)CC1)c1ccc2c(c1)OCO2. The zero-order valence-electron chi connectivity index (χ0n) is 15.6. The number of carbonyl (C=O) groups is 1. The lowest BCUT2D eigenvalue weighted by molar-refractivity contribution is -0.892. The van der Waals surface area contributed by atoms with E-state index in [0.717, 1.165) is 43.2 Å². The summed E-state index contributed by atoms with van der Waals surface area (Å²) in [6.45, 7) is 6.67. The van der Waals surface area contributed by atoms with Crippen LogP contribution in [0.4, 0.5) is 5.69 Å². The molecule has 0 aliphatic carbocycles. The topological polar surface area (TPSA) is 55.2 Å². The molecule has 1 fully saturated rings. The highest BCUT2D eigenvalue weighted by Gasteiger charge is 2.23. The van der Waals surface area contributed by atoms with E-state index < -0.39 is 0 Å². The number of rotatable bonds is 5. The molecular weight excluding hydrogens is 342 g/mol. The van der Waals surface area contributed by atoms with E-state index in [-0.39, 0.29) is 18.7 Å². The lowest BCUT2D eigenvalue weighted by Gasteiger charge is -2.33. The molecule has 0 radical (unpaired) electrons. The van der Waals surface area contributed by atoms with E-state index in [2.05, 4.69) is 34.5 Å². The fraction of sp³-hybridized carbons (Fsp3) is 0.381. The van der Waals surface area contributed by atoms with Crippen molar-refractivity contribution in [3.05, 3.63) is 54.1 Å². The Labute approximate surface area is 159 Å². The third-order valence-electron chi connectivity index (χ3n) is 5.28. The molecule has 0 bridgehead atoms. The van der Waals surface area contributed by atoms with Crippen LogP contribution in [0, 0.1) is 0 Å². The van der Waals surface area contributed by atoms with Crippen molar-refractivity contribution in [3.63, 3.8) is 0 Å². The highest BCUT2D eigenvalue weighted by molar-refractivity contribution is 5.77. The zero-order chi connectivity index (χ0) is 18.6. The summed E-state index contributed by atoms with van der Waals surface area (Å²) in [5.41, 5.74) is 2.29. The lowest BCUT2D eigenvalue weighted by Crippen LogP contribution is -3.15. The van der Waals surface area contributed by atoms with E-state index in [9.17, 15) is 4.79 Å². The normalized spacial score (nSPS) is 17.6. The number of hydrogen-bond acceptors (Lipinski definition) is 4. The number of quaternary nitrogens is 1. The molecule has 2 aliphatic rings. The van der Waals surface area contributed by atoms with Gasteiger partial charge in [-0.25, -0.2) is 0 Å². The van der Waals surface area contributed by atoms with Crippen LogP contribution in [0.3, 0.4) is 0 Å². The standard InChI is InChI=1S/C21H25N3O3/c1-16(17-7-8-19-20(13-17)27-15-26-19)22-21(25)14-23-9-11-24(12-10-23)18-5-3-2-4-6-18/h2-8,13,16H,9-12,14-15H2,1H3,(H,22,25)/p+1/t16-/m1/s1. The monoisotopic (exact) mass is 368 g/mol. The van der Waals surface area contributed by atoms with Crippen molar-refractivity contribution in [2.24, 2.45) is 0 Å². The summed E-state index contributed by atoms with van der Waals surface area (Å²) < 4.78 is 10.8. The second-order valence-corrected chi connectivity index (χ2v) is 7.15. The maximum Gasteiger partial charge on any atom is 0.275 e. The molecule has 1 atom stereocenters. The summed E-state index contributed by atoms with van der Waals surface area (Å²) in [5.74, 6) is 1.59. The van der Waals surface area contributed by atoms with Crippen LogP contribution in [0.15, 0.2) is 48.5 Å². The quantitative estimate of drug-likeness (QED) is 0.827. The number of ether oxygens (including phenoxy) is 2. The molecular formula is C21H26N3O3+. The number of benzene rings is 2. The van der Waals surface area contributed by atoms with Crippen molar-refractivity contribution in [2.75, 3.05) is 44.4 Å². The summed E-state index contributed by atoms with van der Waals surface area (Å²) in [6.07, 6.45) is 0. The second-order valence-electron chi connectivity index (χ2n) is 7.15. The Morgan fingerprint density at radius 3 is 2.63 bits per heavy atom. The van der Waals surface area contributed by atoms with E-state index in [1.807, 2.05) is 31.2 Å². The number of para-hydroxylation sites is 1. The van der Waals surface area contributed by atoms with Gasteiger partial charge in [-0.05, 0) is 36.8 Å². The third-order valence-corrected chi connectivity index (χ3v) is 5.28. The molecule has 4 rings (SSSR count). The van der Waals surface area contributed by atoms with Crippen molar-refractivity contribution in [3.8, 4) is 11.5 Å². The molecule has 1 amide bonds. The predicted molar refractivity (Wildman–Crippen MR) is 103 cm³/mol. The molecule has 0 unspecified atom stereocenters. The van der Waals surface area contributed by atoms with E-state index in [1.165, 1.54) is 10.6 Å². The number of hydrogen-bond donors (Lipinski definition) is 2. The Balaban J connectivity index is 1.26. The van der Waals surface area contributed by atoms with Crippen LogP contribution >= 0.6 is 0 Å². The number of anilines is 1. The smallest absolute Gasteiger partial charge is 0.275 e. The van der Waals surface area contributed by atoms with Crippen molar-refractivity contribution in [1.82, 2.24) is 5.32 Å². The first-order valence-corrected chi connectivity index (χ1v) is 9.51. The van der Waals surface area contributed by atoms with Gasteiger partial charge in [0.2, 0.25) is 6.79 Å². The Morgan fingerprint density at radius 2 is 1.85 bits per heavy atom. The van der Waals surface area contributed by atoms with Gasteiger partial charge in [-0.2, -0.15) is 0 Å². The van der Waals surface area contributed by atoms with Crippen LogP contribution in [0.25, 0.3) is 0 Å². The second kappa shape index (κ2) is 7.88. The molecule has 2 heterocycles. The minimum Gasteiger partial charge on any atom is -0.454 e. The summed E-state index contributed by atoms with van der Waals surface area (Å²) in [7, 11) is 0. The molecule has 142 valence electrons. The Kier molecular flexibility index (Phi) is 5.16. The van der Waals surface area contributed by atoms with E-state index in [1.54, 1.807) is 0 Å². The van der Waals surface area contributed by atoms with Crippen molar-refractivity contribution in [2.45, 2.75) is 13.0 Å². The van der Waals surface area contributed by atoms with Crippen molar-refractivity contribution in [1.29, 1.82) is 0 Å². The Bertz CT molecular complexity index is 789. The minimum atomic E-state index is -0.0583. The van der Waals surface area contributed by atoms with Gasteiger partial charge in [-0.1, -0.05) is 24.3 Å². The first-order chi connectivity index (χ1) is 13.2. The third kappa shape index (κ3) is 4.17. The number of nitrogens with zero attached hydrogens (tertiary/aromatic N) is 1. The van der Waals surface area contributed by atoms with E-state index in [0.29, 0.717) is 6.54 Å². The summed E-state index contributed by atoms with van der Waals surface area (Å²) >= 11 is 0. The van der Waals surface area contributed by atoms with Gasteiger partial charge < -0.3 is 24.6 Å². The molecule has 0 aromatic heterocycles. The highest BCUT2D eigenvalue weighted by atomic mass is 16.7. The average molecular weight is 368 g/mol. The fourth-order valence-electron chi connectivity index (χ4n) is 3.68. The van der Waals surface area contributed by atoms with Crippen molar-refractivity contribution >= 4 is 11.6 Å². The van der Waals surface area contributed by atoms with Gasteiger partial charge in [-0.15, -0.1) is 0 Å². The molecule has 2 aliphatic heterocycles. The number of fused-ring (bicyclic) bond motifs is 1. The summed E-state index contributed by atoms with van der Waals surface area (Å²) in [4.78, 5) is 16.2.